The number of hydrogen-bond acceptors (Lipinski definition) is 4. The summed E-state index contributed by atoms with van der Waals surface area (Å²) in [6.07, 6.45) is 0.468. The standard InChI is InChI=1S/C22H17ClN2O3S/c1-22-13-17(16-5-2-3-6-18(16)28-22)24(20(26)19-7-4-12-29-19)21(27)25(22)15-10-8-14(23)9-11-15/h2-12,17H,13H2,1H3/t17-,22+/m0/s1. The average molecular weight is 425 g/mol. The molecule has 3 amide bonds. The lowest BCUT2D eigenvalue weighted by Crippen LogP contribution is -2.67. The van der Waals surface area contributed by atoms with Gasteiger partial charge in [0.2, 0.25) is 0 Å². The van der Waals surface area contributed by atoms with Crippen molar-refractivity contribution in [3.63, 3.8) is 0 Å². The minimum absolute atomic E-state index is 0.298. The first-order valence-corrected chi connectivity index (χ1v) is 10.5. The number of halogens is 1. The number of benzene rings is 2. The molecule has 0 saturated carbocycles. The van der Waals surface area contributed by atoms with Crippen LogP contribution >= 0.6 is 22.9 Å². The SMILES string of the molecule is C[C@]12C[C@@H](c3ccccc3O1)N(C(=O)c1cccs1)C(=O)N2c1ccc(Cl)cc1. The number of ether oxygens (including phenoxy) is 1. The molecule has 2 aromatic carbocycles. The summed E-state index contributed by atoms with van der Waals surface area (Å²) in [5, 5.41) is 2.41. The zero-order valence-electron chi connectivity index (χ0n) is 15.5. The molecule has 1 aromatic heterocycles. The van der Waals surface area contributed by atoms with Crippen LogP contribution in [0, 0.1) is 0 Å². The van der Waals surface area contributed by atoms with Crippen LogP contribution in [0.25, 0.3) is 0 Å². The first kappa shape index (κ1) is 18.2. The number of carbonyl (C=O) groups is 2. The van der Waals surface area contributed by atoms with E-state index >= 15 is 0 Å². The molecular weight excluding hydrogens is 408 g/mol. The summed E-state index contributed by atoms with van der Waals surface area (Å²) in [7, 11) is 0. The van der Waals surface area contributed by atoms with Gasteiger partial charge in [-0.05, 0) is 48.7 Å². The highest BCUT2D eigenvalue weighted by Crippen LogP contribution is 2.49. The molecule has 0 unspecified atom stereocenters. The Morgan fingerprint density at radius 3 is 2.62 bits per heavy atom. The second-order valence-electron chi connectivity index (χ2n) is 7.28. The molecular formula is C22H17ClN2O3S. The van der Waals surface area contributed by atoms with Crippen molar-refractivity contribution >= 4 is 40.6 Å². The van der Waals surface area contributed by atoms with Crippen molar-refractivity contribution in [3.8, 4) is 5.75 Å². The van der Waals surface area contributed by atoms with E-state index in [1.165, 1.54) is 16.2 Å². The Balaban J connectivity index is 1.68. The van der Waals surface area contributed by atoms with Crippen LogP contribution in [0.15, 0.2) is 66.0 Å². The maximum absolute atomic E-state index is 13.7. The van der Waals surface area contributed by atoms with Gasteiger partial charge in [0, 0.05) is 22.7 Å². The van der Waals surface area contributed by atoms with E-state index < -0.39 is 17.8 Å². The minimum Gasteiger partial charge on any atom is -0.467 e. The van der Waals surface area contributed by atoms with Crippen LogP contribution < -0.4 is 9.64 Å². The van der Waals surface area contributed by atoms with Gasteiger partial charge in [0.25, 0.3) is 5.91 Å². The number of amides is 3. The number of thiophene rings is 1. The quantitative estimate of drug-likeness (QED) is 0.528. The van der Waals surface area contributed by atoms with Gasteiger partial charge in [-0.2, -0.15) is 0 Å². The summed E-state index contributed by atoms with van der Waals surface area (Å²) < 4.78 is 6.31. The smallest absolute Gasteiger partial charge is 0.335 e. The maximum atomic E-state index is 13.7. The van der Waals surface area contributed by atoms with Crippen molar-refractivity contribution in [1.29, 1.82) is 0 Å². The van der Waals surface area contributed by atoms with Gasteiger partial charge in [0.05, 0.1) is 10.9 Å². The van der Waals surface area contributed by atoms with E-state index in [1.54, 1.807) is 35.2 Å². The van der Waals surface area contributed by atoms with Gasteiger partial charge in [-0.25, -0.2) is 4.79 Å². The van der Waals surface area contributed by atoms with Crippen LogP contribution in [-0.2, 0) is 0 Å². The Morgan fingerprint density at radius 1 is 1.14 bits per heavy atom. The zero-order chi connectivity index (χ0) is 20.2. The van der Waals surface area contributed by atoms with Crippen molar-refractivity contribution in [2.24, 2.45) is 0 Å². The van der Waals surface area contributed by atoms with Crippen LogP contribution in [0.3, 0.4) is 0 Å². The Labute approximate surface area is 177 Å². The molecule has 2 aliphatic heterocycles. The number of carbonyl (C=O) groups excluding carboxylic acids is 2. The number of para-hydroxylation sites is 1. The second kappa shape index (κ2) is 6.61. The third-order valence-electron chi connectivity index (χ3n) is 5.40. The zero-order valence-corrected chi connectivity index (χ0v) is 17.1. The molecule has 2 aliphatic rings. The second-order valence-corrected chi connectivity index (χ2v) is 8.67. The number of anilines is 1. The maximum Gasteiger partial charge on any atom is 0.335 e. The largest absolute Gasteiger partial charge is 0.467 e. The highest BCUT2D eigenvalue weighted by molar-refractivity contribution is 7.12. The Bertz CT molecular complexity index is 1100. The lowest BCUT2D eigenvalue weighted by Gasteiger charge is -2.53. The Kier molecular flexibility index (Phi) is 4.15. The number of rotatable bonds is 2. The molecule has 3 heterocycles. The summed E-state index contributed by atoms with van der Waals surface area (Å²) >= 11 is 7.37. The van der Waals surface area contributed by atoms with Gasteiger partial charge in [0.15, 0.2) is 5.72 Å². The van der Waals surface area contributed by atoms with E-state index in [0.717, 1.165) is 5.56 Å². The third kappa shape index (κ3) is 2.82. The summed E-state index contributed by atoms with van der Waals surface area (Å²) in [5.74, 6) is 0.384. The average Bonchev–Trinajstić information content (AvgIpc) is 3.24. The Morgan fingerprint density at radius 2 is 1.90 bits per heavy atom. The molecule has 3 aromatic rings. The van der Waals surface area contributed by atoms with E-state index in [4.69, 9.17) is 16.3 Å². The monoisotopic (exact) mass is 424 g/mol. The number of nitrogens with zero attached hydrogens (tertiary/aromatic N) is 2. The van der Waals surface area contributed by atoms with E-state index in [2.05, 4.69) is 0 Å². The van der Waals surface area contributed by atoms with Crippen LogP contribution in [-0.4, -0.2) is 22.6 Å². The normalized spacial score (nSPS) is 22.8. The van der Waals surface area contributed by atoms with Gasteiger partial charge in [-0.3, -0.25) is 14.6 Å². The lowest BCUT2D eigenvalue weighted by atomic mass is 9.88. The van der Waals surface area contributed by atoms with Crippen molar-refractivity contribution < 1.29 is 14.3 Å². The fraction of sp³-hybridized carbons (Fsp3) is 0.182. The fourth-order valence-corrected chi connectivity index (χ4v) is 4.91. The van der Waals surface area contributed by atoms with E-state index in [1.807, 2.05) is 42.6 Å². The first-order valence-electron chi connectivity index (χ1n) is 9.23. The van der Waals surface area contributed by atoms with Gasteiger partial charge in [0.1, 0.15) is 5.75 Å². The molecule has 0 radical (unpaired) electrons. The molecule has 146 valence electrons. The molecule has 7 heteroatoms. The van der Waals surface area contributed by atoms with Crippen molar-refractivity contribution in [2.75, 3.05) is 4.90 Å². The highest BCUT2D eigenvalue weighted by atomic mass is 35.5. The van der Waals surface area contributed by atoms with E-state index in [9.17, 15) is 9.59 Å². The minimum atomic E-state index is -0.920. The topological polar surface area (TPSA) is 49.9 Å². The van der Waals surface area contributed by atoms with E-state index in [-0.39, 0.29) is 5.91 Å². The molecule has 5 rings (SSSR count). The number of hydrogen-bond donors (Lipinski definition) is 0. The fourth-order valence-electron chi connectivity index (χ4n) is 4.13. The van der Waals surface area contributed by atoms with Gasteiger partial charge in [-0.1, -0.05) is 35.9 Å². The number of fused-ring (bicyclic) bond motifs is 4. The van der Waals surface area contributed by atoms with E-state index in [0.29, 0.717) is 27.8 Å². The molecule has 2 atom stereocenters. The molecule has 0 spiro atoms. The van der Waals surface area contributed by atoms with Crippen molar-refractivity contribution in [2.45, 2.75) is 25.1 Å². The predicted octanol–water partition coefficient (Wildman–Crippen LogP) is 5.72. The number of urea groups is 1. The summed E-state index contributed by atoms with van der Waals surface area (Å²) in [6.45, 7) is 1.88. The van der Waals surface area contributed by atoms with Crippen LogP contribution in [0.4, 0.5) is 10.5 Å². The first-order chi connectivity index (χ1) is 14.0. The molecule has 2 bridgehead atoms. The number of imide groups is 1. The van der Waals surface area contributed by atoms with Crippen LogP contribution in [0.1, 0.15) is 34.6 Å². The summed E-state index contributed by atoms with van der Waals surface area (Å²) in [6, 6.07) is 17.3. The Hall–Kier alpha value is -2.83. The van der Waals surface area contributed by atoms with Gasteiger partial charge < -0.3 is 4.74 Å². The predicted molar refractivity (Wildman–Crippen MR) is 113 cm³/mol. The third-order valence-corrected chi connectivity index (χ3v) is 6.51. The summed E-state index contributed by atoms with van der Waals surface area (Å²) in [4.78, 5) is 30.5. The molecule has 1 fully saturated rings. The molecule has 29 heavy (non-hydrogen) atoms. The summed E-state index contributed by atoms with van der Waals surface area (Å²) in [5.41, 5.74) is 0.554. The molecule has 5 nitrogen and oxygen atoms in total. The van der Waals surface area contributed by atoms with Gasteiger partial charge >= 0.3 is 6.03 Å². The van der Waals surface area contributed by atoms with Gasteiger partial charge in [-0.15, -0.1) is 11.3 Å². The van der Waals surface area contributed by atoms with Crippen LogP contribution in [0.5, 0.6) is 5.75 Å². The lowest BCUT2D eigenvalue weighted by molar-refractivity contribution is 0.00284. The molecule has 1 saturated heterocycles. The highest BCUT2D eigenvalue weighted by Gasteiger charge is 2.55. The van der Waals surface area contributed by atoms with Crippen molar-refractivity contribution in [3.05, 3.63) is 81.5 Å². The van der Waals surface area contributed by atoms with Crippen molar-refractivity contribution in [1.82, 2.24) is 4.90 Å². The molecule has 0 N–H and O–H groups in total. The van der Waals surface area contributed by atoms with Crippen LogP contribution in [0.2, 0.25) is 5.02 Å². The molecule has 0 aliphatic carbocycles.